The zero-order chi connectivity index (χ0) is 15.4. The fourth-order valence-corrected chi connectivity index (χ4v) is 2.19. The van der Waals surface area contributed by atoms with Gasteiger partial charge in [0.25, 0.3) is 5.91 Å². The van der Waals surface area contributed by atoms with Crippen LogP contribution < -0.4 is 11.1 Å². The van der Waals surface area contributed by atoms with Gasteiger partial charge in [-0.15, -0.1) is 0 Å². The lowest BCUT2D eigenvalue weighted by Gasteiger charge is -2.20. The summed E-state index contributed by atoms with van der Waals surface area (Å²) in [5.41, 5.74) is 7.92. The van der Waals surface area contributed by atoms with Gasteiger partial charge in [-0.1, -0.05) is 12.1 Å². The van der Waals surface area contributed by atoms with Gasteiger partial charge in [0, 0.05) is 18.0 Å². The van der Waals surface area contributed by atoms with Gasteiger partial charge in [0.2, 0.25) is 0 Å². The van der Waals surface area contributed by atoms with Crippen LogP contribution in [0, 0.1) is 0 Å². The van der Waals surface area contributed by atoms with Crippen LogP contribution in [0.25, 0.3) is 10.9 Å². The molecule has 114 valence electrons. The molecule has 4 N–H and O–H groups in total. The summed E-state index contributed by atoms with van der Waals surface area (Å²) in [7, 11) is 2.09. The molecule has 21 heavy (non-hydrogen) atoms. The molecule has 0 unspecified atom stereocenters. The Balaban J connectivity index is 1.89. The molecule has 0 aliphatic rings. The van der Waals surface area contributed by atoms with Crippen molar-refractivity contribution in [2.24, 2.45) is 0 Å². The number of hydrogen-bond acceptors (Lipinski definition) is 3. The SMILES string of the molecule is CC(C)N(C)CCCNC(=O)c1cc2cccc(N)c2[nH]1. The van der Waals surface area contributed by atoms with Crippen LogP contribution in [0.2, 0.25) is 0 Å². The predicted molar refractivity (Wildman–Crippen MR) is 87.4 cm³/mol. The average molecular weight is 288 g/mol. The normalized spacial score (nSPS) is 11.5. The van der Waals surface area contributed by atoms with Gasteiger partial charge in [-0.3, -0.25) is 4.79 Å². The second-order valence-electron chi connectivity index (χ2n) is 5.68. The van der Waals surface area contributed by atoms with Gasteiger partial charge in [0.15, 0.2) is 0 Å². The van der Waals surface area contributed by atoms with E-state index in [0.717, 1.165) is 23.9 Å². The van der Waals surface area contributed by atoms with Gasteiger partial charge in [-0.25, -0.2) is 0 Å². The van der Waals surface area contributed by atoms with Gasteiger partial charge >= 0.3 is 0 Å². The summed E-state index contributed by atoms with van der Waals surface area (Å²) in [5, 5.41) is 3.89. The number of nitrogens with one attached hydrogen (secondary N) is 2. The minimum absolute atomic E-state index is 0.0854. The number of benzene rings is 1. The lowest BCUT2D eigenvalue weighted by Crippen LogP contribution is -2.31. The van der Waals surface area contributed by atoms with E-state index >= 15 is 0 Å². The molecule has 0 spiro atoms. The Morgan fingerprint density at radius 1 is 1.43 bits per heavy atom. The zero-order valence-corrected chi connectivity index (χ0v) is 12.9. The molecule has 5 heteroatoms. The quantitative estimate of drug-likeness (QED) is 0.563. The topological polar surface area (TPSA) is 74.2 Å². The number of hydrogen-bond donors (Lipinski definition) is 3. The molecule has 1 amide bonds. The van der Waals surface area contributed by atoms with E-state index in [1.54, 1.807) is 0 Å². The number of carbonyl (C=O) groups excluding carboxylic acids is 1. The van der Waals surface area contributed by atoms with Crippen LogP contribution in [0.4, 0.5) is 5.69 Å². The van der Waals surface area contributed by atoms with E-state index in [2.05, 4.69) is 36.1 Å². The Morgan fingerprint density at radius 2 is 2.19 bits per heavy atom. The molecule has 2 aromatic rings. The standard InChI is InChI=1S/C16H24N4O/c1-11(2)20(3)9-5-8-18-16(21)14-10-12-6-4-7-13(17)15(12)19-14/h4,6-7,10-11,19H,5,8-9,17H2,1-3H3,(H,18,21). The average Bonchev–Trinajstić information content (AvgIpc) is 2.88. The lowest BCUT2D eigenvalue weighted by atomic mass is 10.2. The fourth-order valence-electron chi connectivity index (χ4n) is 2.19. The van der Waals surface area contributed by atoms with Crippen molar-refractivity contribution in [1.29, 1.82) is 0 Å². The number of anilines is 1. The second kappa shape index (κ2) is 6.63. The van der Waals surface area contributed by atoms with E-state index in [0.29, 0.717) is 24.0 Å². The van der Waals surface area contributed by atoms with Crippen molar-refractivity contribution in [2.45, 2.75) is 26.3 Å². The molecule has 0 fully saturated rings. The first-order chi connectivity index (χ1) is 9.99. The molecule has 1 heterocycles. The van der Waals surface area contributed by atoms with Crippen molar-refractivity contribution in [3.8, 4) is 0 Å². The highest BCUT2D eigenvalue weighted by Crippen LogP contribution is 2.20. The van der Waals surface area contributed by atoms with Crippen LogP contribution in [-0.4, -0.2) is 42.0 Å². The minimum atomic E-state index is -0.0854. The summed E-state index contributed by atoms with van der Waals surface area (Å²) in [5.74, 6) is -0.0854. The van der Waals surface area contributed by atoms with E-state index in [1.807, 2.05) is 24.3 Å². The van der Waals surface area contributed by atoms with E-state index in [4.69, 9.17) is 5.73 Å². The van der Waals surface area contributed by atoms with Gasteiger partial charge < -0.3 is 20.9 Å². The highest BCUT2D eigenvalue weighted by molar-refractivity contribution is 6.00. The minimum Gasteiger partial charge on any atom is -0.397 e. The number of nitrogens with zero attached hydrogens (tertiary/aromatic N) is 1. The number of aromatic nitrogens is 1. The Morgan fingerprint density at radius 3 is 2.86 bits per heavy atom. The summed E-state index contributed by atoms with van der Waals surface area (Å²) in [6.07, 6.45) is 0.933. The molecule has 0 aliphatic carbocycles. The van der Waals surface area contributed by atoms with Crippen LogP contribution in [0.15, 0.2) is 24.3 Å². The summed E-state index contributed by atoms with van der Waals surface area (Å²) in [6.45, 7) is 5.96. The highest BCUT2D eigenvalue weighted by Gasteiger charge is 2.10. The van der Waals surface area contributed by atoms with Gasteiger partial charge in [0.1, 0.15) is 5.69 Å². The number of aromatic amines is 1. The van der Waals surface area contributed by atoms with Crippen LogP contribution in [0.1, 0.15) is 30.8 Å². The third kappa shape index (κ3) is 3.76. The summed E-state index contributed by atoms with van der Waals surface area (Å²) < 4.78 is 0. The third-order valence-corrected chi connectivity index (χ3v) is 3.79. The van der Waals surface area contributed by atoms with E-state index in [9.17, 15) is 4.79 Å². The first kappa shape index (κ1) is 15.4. The smallest absolute Gasteiger partial charge is 0.267 e. The number of carbonyl (C=O) groups is 1. The fraction of sp³-hybridized carbons (Fsp3) is 0.438. The molecule has 0 aliphatic heterocycles. The van der Waals surface area contributed by atoms with Crippen molar-refractivity contribution in [2.75, 3.05) is 25.9 Å². The number of rotatable bonds is 6. The molecular formula is C16H24N4O. The zero-order valence-electron chi connectivity index (χ0n) is 12.9. The number of para-hydroxylation sites is 1. The van der Waals surface area contributed by atoms with E-state index in [1.165, 1.54) is 0 Å². The maximum Gasteiger partial charge on any atom is 0.267 e. The molecule has 0 radical (unpaired) electrons. The van der Waals surface area contributed by atoms with Crippen molar-refractivity contribution in [1.82, 2.24) is 15.2 Å². The van der Waals surface area contributed by atoms with Crippen molar-refractivity contribution in [3.05, 3.63) is 30.0 Å². The molecule has 0 atom stereocenters. The molecule has 5 nitrogen and oxygen atoms in total. The number of H-pyrrole nitrogens is 1. The largest absolute Gasteiger partial charge is 0.397 e. The molecule has 2 rings (SSSR count). The number of amides is 1. The Hall–Kier alpha value is -2.01. The van der Waals surface area contributed by atoms with E-state index < -0.39 is 0 Å². The summed E-state index contributed by atoms with van der Waals surface area (Å²) >= 11 is 0. The molecule has 1 aromatic heterocycles. The van der Waals surface area contributed by atoms with Crippen LogP contribution in [0.5, 0.6) is 0 Å². The summed E-state index contributed by atoms with van der Waals surface area (Å²) in [6, 6.07) is 8.01. The molecule has 0 saturated carbocycles. The first-order valence-corrected chi connectivity index (χ1v) is 7.34. The maximum absolute atomic E-state index is 12.1. The molecular weight excluding hydrogens is 264 g/mol. The van der Waals surface area contributed by atoms with Crippen LogP contribution in [-0.2, 0) is 0 Å². The Kier molecular flexibility index (Phi) is 4.85. The van der Waals surface area contributed by atoms with Gasteiger partial charge in [-0.05, 0) is 46.0 Å². The highest BCUT2D eigenvalue weighted by atomic mass is 16.1. The lowest BCUT2D eigenvalue weighted by molar-refractivity contribution is 0.0947. The number of nitrogen functional groups attached to an aromatic ring is 1. The first-order valence-electron chi connectivity index (χ1n) is 7.34. The maximum atomic E-state index is 12.1. The number of nitrogens with two attached hydrogens (primary N) is 1. The predicted octanol–water partition coefficient (Wildman–Crippen LogP) is 2.21. The third-order valence-electron chi connectivity index (χ3n) is 3.79. The second-order valence-corrected chi connectivity index (χ2v) is 5.68. The van der Waals surface area contributed by atoms with Crippen LogP contribution in [0.3, 0.4) is 0 Å². The number of fused-ring (bicyclic) bond motifs is 1. The molecule has 1 aromatic carbocycles. The summed E-state index contributed by atoms with van der Waals surface area (Å²) in [4.78, 5) is 17.5. The molecule has 0 saturated heterocycles. The van der Waals surface area contributed by atoms with E-state index in [-0.39, 0.29) is 5.91 Å². The van der Waals surface area contributed by atoms with Crippen molar-refractivity contribution in [3.63, 3.8) is 0 Å². The van der Waals surface area contributed by atoms with Crippen molar-refractivity contribution >= 4 is 22.5 Å². The Bertz CT molecular complexity index is 618. The van der Waals surface area contributed by atoms with Crippen LogP contribution >= 0.6 is 0 Å². The van der Waals surface area contributed by atoms with Gasteiger partial charge in [0.05, 0.1) is 11.2 Å². The molecule has 0 bridgehead atoms. The van der Waals surface area contributed by atoms with Crippen molar-refractivity contribution < 1.29 is 4.79 Å². The van der Waals surface area contributed by atoms with Gasteiger partial charge in [-0.2, -0.15) is 0 Å². The monoisotopic (exact) mass is 288 g/mol. The Labute approximate surface area is 125 Å².